The van der Waals surface area contributed by atoms with Crippen molar-refractivity contribution in [1.82, 2.24) is 0 Å². The van der Waals surface area contributed by atoms with E-state index < -0.39 is 6.04 Å². The Morgan fingerprint density at radius 1 is 1.33 bits per heavy atom. The molecule has 3 heteroatoms. The second-order valence-electron chi connectivity index (χ2n) is 4.09. The number of carbonyl (C=O) groups excluding carboxylic acids is 1. The van der Waals surface area contributed by atoms with Crippen LogP contribution in [0.25, 0.3) is 0 Å². The van der Waals surface area contributed by atoms with Crippen molar-refractivity contribution < 1.29 is 9.18 Å². The molecular weight excluding hydrogens is 193 g/mol. The molecule has 15 heavy (non-hydrogen) atoms. The second kappa shape index (κ2) is 5.03. The highest BCUT2D eigenvalue weighted by Crippen LogP contribution is 2.15. The summed E-state index contributed by atoms with van der Waals surface area (Å²) in [6.45, 7) is 3.94. The highest BCUT2D eigenvalue weighted by Gasteiger charge is 2.16. The number of benzene rings is 1. The van der Waals surface area contributed by atoms with Crippen molar-refractivity contribution in [1.29, 1.82) is 0 Å². The summed E-state index contributed by atoms with van der Waals surface area (Å²) in [6, 6.07) is 5.11. The van der Waals surface area contributed by atoms with Gasteiger partial charge in [-0.1, -0.05) is 26.0 Å². The molecule has 0 fully saturated rings. The molecule has 2 N–H and O–H groups in total. The number of halogens is 1. The molecule has 1 aromatic rings. The summed E-state index contributed by atoms with van der Waals surface area (Å²) in [4.78, 5) is 11.6. The average molecular weight is 209 g/mol. The minimum atomic E-state index is -0.631. The van der Waals surface area contributed by atoms with E-state index in [2.05, 4.69) is 0 Å². The topological polar surface area (TPSA) is 43.1 Å². The van der Waals surface area contributed by atoms with Crippen molar-refractivity contribution in [2.24, 2.45) is 11.7 Å². The van der Waals surface area contributed by atoms with Crippen LogP contribution in [0.1, 0.15) is 31.9 Å². The van der Waals surface area contributed by atoms with Crippen LogP contribution in [0.3, 0.4) is 0 Å². The van der Waals surface area contributed by atoms with Crippen molar-refractivity contribution in [2.75, 3.05) is 0 Å². The fraction of sp³-hybridized carbons (Fsp3) is 0.417. The van der Waals surface area contributed by atoms with Crippen LogP contribution in [0.15, 0.2) is 24.3 Å². The largest absolute Gasteiger partial charge is 0.318 e. The van der Waals surface area contributed by atoms with Gasteiger partial charge in [0.1, 0.15) is 5.82 Å². The lowest BCUT2D eigenvalue weighted by atomic mass is 9.97. The lowest BCUT2D eigenvalue weighted by molar-refractivity contribution is -0.121. The Labute approximate surface area is 89.3 Å². The van der Waals surface area contributed by atoms with Crippen molar-refractivity contribution in [2.45, 2.75) is 26.3 Å². The van der Waals surface area contributed by atoms with Crippen LogP contribution in [0.5, 0.6) is 0 Å². The summed E-state index contributed by atoms with van der Waals surface area (Å²) < 4.78 is 12.6. The average Bonchev–Trinajstić information content (AvgIpc) is 2.17. The van der Waals surface area contributed by atoms with E-state index in [0.717, 1.165) is 0 Å². The van der Waals surface area contributed by atoms with Crippen LogP contribution < -0.4 is 5.73 Å². The smallest absolute Gasteiger partial charge is 0.154 e. The first-order valence-corrected chi connectivity index (χ1v) is 5.04. The van der Waals surface area contributed by atoms with Crippen molar-refractivity contribution in [3.05, 3.63) is 35.6 Å². The third kappa shape index (κ3) is 3.44. The van der Waals surface area contributed by atoms with Gasteiger partial charge in [0.25, 0.3) is 0 Å². The van der Waals surface area contributed by atoms with Gasteiger partial charge in [0, 0.05) is 6.42 Å². The van der Waals surface area contributed by atoms with Crippen LogP contribution in [-0.2, 0) is 4.79 Å². The normalized spacial score (nSPS) is 12.9. The van der Waals surface area contributed by atoms with Gasteiger partial charge in [0.05, 0.1) is 6.04 Å². The van der Waals surface area contributed by atoms with Crippen molar-refractivity contribution in [3.8, 4) is 0 Å². The van der Waals surface area contributed by atoms with Crippen LogP contribution in [0.2, 0.25) is 0 Å². The molecule has 0 aliphatic carbocycles. The zero-order valence-corrected chi connectivity index (χ0v) is 9.03. The fourth-order valence-electron chi connectivity index (χ4n) is 1.39. The Bertz CT molecular complexity index is 332. The number of ketones is 1. The molecule has 1 atom stereocenters. The molecule has 0 aliphatic heterocycles. The lowest BCUT2D eigenvalue weighted by Gasteiger charge is -2.12. The number of hydrogen-bond acceptors (Lipinski definition) is 2. The Hall–Kier alpha value is -1.22. The molecule has 0 aromatic heterocycles. The molecule has 0 heterocycles. The van der Waals surface area contributed by atoms with Gasteiger partial charge in [0.15, 0.2) is 5.78 Å². The first-order chi connectivity index (χ1) is 7.00. The van der Waals surface area contributed by atoms with Gasteiger partial charge in [0.2, 0.25) is 0 Å². The molecule has 2 nitrogen and oxygen atoms in total. The fourth-order valence-corrected chi connectivity index (χ4v) is 1.39. The Kier molecular flexibility index (Phi) is 3.97. The first-order valence-electron chi connectivity index (χ1n) is 5.04. The predicted molar refractivity (Wildman–Crippen MR) is 57.8 cm³/mol. The van der Waals surface area contributed by atoms with E-state index in [4.69, 9.17) is 5.73 Å². The van der Waals surface area contributed by atoms with Gasteiger partial charge in [-0.25, -0.2) is 4.39 Å². The number of rotatable bonds is 4. The second-order valence-corrected chi connectivity index (χ2v) is 4.09. The third-order valence-corrected chi connectivity index (χ3v) is 2.19. The Balaban J connectivity index is 2.71. The maximum atomic E-state index is 12.6. The molecule has 1 rings (SSSR count). The monoisotopic (exact) mass is 209 g/mol. The van der Waals surface area contributed by atoms with E-state index in [-0.39, 0.29) is 11.6 Å². The van der Waals surface area contributed by atoms with E-state index in [9.17, 15) is 9.18 Å². The SMILES string of the molecule is CC(C)CC(=O)C(N)c1ccc(F)cc1. The predicted octanol–water partition coefficient (Wildman–Crippen LogP) is 2.44. The van der Waals surface area contributed by atoms with E-state index in [1.807, 2.05) is 13.8 Å². The van der Waals surface area contributed by atoms with E-state index in [0.29, 0.717) is 17.9 Å². The number of carbonyl (C=O) groups is 1. The Morgan fingerprint density at radius 2 is 1.87 bits per heavy atom. The zero-order valence-electron chi connectivity index (χ0n) is 9.03. The van der Waals surface area contributed by atoms with Gasteiger partial charge < -0.3 is 5.73 Å². The highest BCUT2D eigenvalue weighted by molar-refractivity contribution is 5.85. The maximum absolute atomic E-state index is 12.6. The summed E-state index contributed by atoms with van der Waals surface area (Å²) in [5.41, 5.74) is 6.43. The van der Waals surface area contributed by atoms with Gasteiger partial charge in [-0.15, -0.1) is 0 Å². The molecule has 0 amide bonds. The molecule has 0 aliphatic rings. The highest BCUT2D eigenvalue weighted by atomic mass is 19.1. The third-order valence-electron chi connectivity index (χ3n) is 2.19. The van der Waals surface area contributed by atoms with Gasteiger partial charge in [-0.3, -0.25) is 4.79 Å². The van der Waals surface area contributed by atoms with E-state index >= 15 is 0 Å². The first kappa shape index (κ1) is 11.9. The minimum Gasteiger partial charge on any atom is -0.318 e. The molecule has 82 valence electrons. The van der Waals surface area contributed by atoms with E-state index in [1.165, 1.54) is 12.1 Å². The summed E-state index contributed by atoms with van der Waals surface area (Å²) in [5, 5.41) is 0. The quantitative estimate of drug-likeness (QED) is 0.827. The van der Waals surface area contributed by atoms with Gasteiger partial charge in [-0.05, 0) is 23.6 Å². The maximum Gasteiger partial charge on any atom is 0.154 e. The molecule has 1 aromatic carbocycles. The van der Waals surface area contributed by atoms with Crippen molar-refractivity contribution >= 4 is 5.78 Å². The van der Waals surface area contributed by atoms with Crippen LogP contribution in [-0.4, -0.2) is 5.78 Å². The minimum absolute atomic E-state index is 0.00314. The standard InChI is InChI=1S/C12H16FNO/c1-8(2)7-11(15)12(14)9-3-5-10(13)6-4-9/h3-6,8,12H,7,14H2,1-2H3. The number of nitrogens with two attached hydrogens (primary N) is 1. The molecule has 0 spiro atoms. The number of Topliss-reactive ketones (excluding diaryl/α,β-unsaturated/α-hetero) is 1. The van der Waals surface area contributed by atoms with Crippen molar-refractivity contribution in [3.63, 3.8) is 0 Å². The molecule has 0 saturated heterocycles. The molecule has 1 unspecified atom stereocenters. The van der Waals surface area contributed by atoms with Gasteiger partial charge >= 0.3 is 0 Å². The Morgan fingerprint density at radius 3 is 2.33 bits per heavy atom. The van der Waals surface area contributed by atoms with E-state index in [1.54, 1.807) is 12.1 Å². The van der Waals surface area contributed by atoms with Crippen LogP contribution in [0.4, 0.5) is 4.39 Å². The summed E-state index contributed by atoms with van der Waals surface area (Å²) in [6.07, 6.45) is 0.457. The summed E-state index contributed by atoms with van der Waals surface area (Å²) in [7, 11) is 0. The molecule has 0 bridgehead atoms. The van der Waals surface area contributed by atoms with Gasteiger partial charge in [-0.2, -0.15) is 0 Å². The van der Waals surface area contributed by atoms with Crippen LogP contribution >= 0.6 is 0 Å². The molecule has 0 radical (unpaired) electrons. The summed E-state index contributed by atoms with van der Waals surface area (Å²) in [5.74, 6) is -0.0251. The molecular formula is C12H16FNO. The zero-order chi connectivity index (χ0) is 11.4. The van der Waals surface area contributed by atoms with Crippen LogP contribution in [0, 0.1) is 11.7 Å². The number of hydrogen-bond donors (Lipinski definition) is 1. The molecule has 0 saturated carbocycles. The summed E-state index contributed by atoms with van der Waals surface area (Å²) >= 11 is 0. The lowest BCUT2D eigenvalue weighted by Crippen LogP contribution is -2.22.